The summed E-state index contributed by atoms with van der Waals surface area (Å²) < 4.78 is 2.37. The zero-order chi connectivity index (χ0) is 31.9. The molecule has 0 bridgehead atoms. The third kappa shape index (κ3) is 5.07. The molecular formula is C44H31N3. The highest BCUT2D eigenvalue weighted by molar-refractivity contribution is 6.12. The van der Waals surface area contributed by atoms with Crippen molar-refractivity contribution in [1.82, 2.24) is 9.55 Å². The predicted octanol–water partition coefficient (Wildman–Crippen LogP) is 11.3. The number of nitriles is 1. The minimum atomic E-state index is 0.628. The molecule has 0 saturated carbocycles. The van der Waals surface area contributed by atoms with E-state index in [1.54, 1.807) is 12.4 Å². The maximum absolute atomic E-state index is 10.4. The smallest absolute Gasteiger partial charge is 0.0998 e. The first kappa shape index (κ1) is 28.2. The van der Waals surface area contributed by atoms with Crippen molar-refractivity contribution < 1.29 is 0 Å². The Labute approximate surface area is 274 Å². The van der Waals surface area contributed by atoms with Gasteiger partial charge in [0.1, 0.15) is 0 Å². The fraction of sp³-hybridized carbons (Fsp3) is 0.0455. The molecule has 3 nitrogen and oxygen atoms in total. The van der Waals surface area contributed by atoms with Crippen LogP contribution in [0, 0.1) is 25.2 Å². The van der Waals surface area contributed by atoms with Gasteiger partial charge in [-0.2, -0.15) is 5.26 Å². The van der Waals surface area contributed by atoms with Gasteiger partial charge < -0.3 is 4.57 Å². The Kier molecular flexibility index (Phi) is 6.97. The van der Waals surface area contributed by atoms with Crippen molar-refractivity contribution in [1.29, 1.82) is 5.26 Å². The molecule has 6 aromatic carbocycles. The van der Waals surface area contributed by atoms with E-state index in [1.807, 2.05) is 24.3 Å². The highest BCUT2D eigenvalue weighted by Gasteiger charge is 2.20. The van der Waals surface area contributed by atoms with Gasteiger partial charge in [-0.3, -0.25) is 4.98 Å². The van der Waals surface area contributed by atoms with Crippen LogP contribution in [0.2, 0.25) is 0 Å². The van der Waals surface area contributed by atoms with Crippen LogP contribution in [0.4, 0.5) is 0 Å². The standard InChI is InChI=1S/C44H31N3/c1-29-8-6-12-33(22-29)35-14-16-42-40(24-35)41-25-36(34-13-7-9-30(2)23-34)15-17-43(41)47(42)44-27-38(32-18-20-46-21-19-32)37(28-45)26-39(44)31-10-4-3-5-11-31/h3-27H,1-2H3. The van der Waals surface area contributed by atoms with Crippen LogP contribution in [0.25, 0.3) is 72.0 Å². The summed E-state index contributed by atoms with van der Waals surface area (Å²) in [5.74, 6) is 0. The molecule has 2 heterocycles. The molecule has 222 valence electrons. The number of benzene rings is 6. The first-order valence-corrected chi connectivity index (χ1v) is 15.8. The van der Waals surface area contributed by atoms with Crippen LogP contribution < -0.4 is 0 Å². The Morgan fingerprint density at radius 1 is 0.489 bits per heavy atom. The molecule has 0 aliphatic carbocycles. The van der Waals surface area contributed by atoms with E-state index in [-0.39, 0.29) is 0 Å². The van der Waals surface area contributed by atoms with Gasteiger partial charge in [-0.15, -0.1) is 0 Å². The van der Waals surface area contributed by atoms with Crippen molar-refractivity contribution in [2.45, 2.75) is 13.8 Å². The monoisotopic (exact) mass is 601 g/mol. The Morgan fingerprint density at radius 3 is 1.57 bits per heavy atom. The molecule has 2 aromatic heterocycles. The summed E-state index contributed by atoms with van der Waals surface area (Å²) in [7, 11) is 0. The van der Waals surface area contributed by atoms with Crippen molar-refractivity contribution in [3.05, 3.63) is 169 Å². The highest BCUT2D eigenvalue weighted by atomic mass is 15.0. The number of hydrogen-bond acceptors (Lipinski definition) is 2. The second-order valence-electron chi connectivity index (χ2n) is 12.2. The lowest BCUT2D eigenvalue weighted by molar-refractivity contribution is 1.18. The number of nitrogens with zero attached hydrogens (tertiary/aromatic N) is 3. The van der Waals surface area contributed by atoms with E-state index in [1.165, 1.54) is 44.2 Å². The van der Waals surface area contributed by atoms with E-state index < -0.39 is 0 Å². The summed E-state index contributed by atoms with van der Waals surface area (Å²) in [6.45, 7) is 4.27. The van der Waals surface area contributed by atoms with Gasteiger partial charge in [0.25, 0.3) is 0 Å². The van der Waals surface area contributed by atoms with Gasteiger partial charge in [0.15, 0.2) is 0 Å². The molecule has 0 saturated heterocycles. The quantitative estimate of drug-likeness (QED) is 0.197. The lowest BCUT2D eigenvalue weighted by Gasteiger charge is -2.18. The maximum Gasteiger partial charge on any atom is 0.0998 e. The van der Waals surface area contributed by atoms with Crippen molar-refractivity contribution in [2.75, 3.05) is 0 Å². The molecule has 47 heavy (non-hydrogen) atoms. The molecule has 0 fully saturated rings. The highest BCUT2D eigenvalue weighted by Crippen LogP contribution is 2.41. The van der Waals surface area contributed by atoms with Crippen LogP contribution in [0.15, 0.2) is 152 Å². The number of fused-ring (bicyclic) bond motifs is 3. The van der Waals surface area contributed by atoms with Gasteiger partial charge in [-0.25, -0.2) is 0 Å². The van der Waals surface area contributed by atoms with Crippen LogP contribution in [-0.4, -0.2) is 9.55 Å². The average molecular weight is 602 g/mol. The third-order valence-corrected chi connectivity index (χ3v) is 9.04. The van der Waals surface area contributed by atoms with E-state index in [0.29, 0.717) is 5.56 Å². The molecule has 0 aliphatic heterocycles. The summed E-state index contributed by atoms with van der Waals surface area (Å²) in [6.07, 6.45) is 3.56. The number of aryl methyl sites for hydroxylation is 2. The second-order valence-corrected chi connectivity index (χ2v) is 12.2. The van der Waals surface area contributed by atoms with Crippen molar-refractivity contribution in [2.24, 2.45) is 0 Å². The van der Waals surface area contributed by atoms with Gasteiger partial charge in [0.2, 0.25) is 0 Å². The number of rotatable bonds is 5. The van der Waals surface area contributed by atoms with E-state index in [2.05, 4.69) is 145 Å². The summed E-state index contributed by atoms with van der Waals surface area (Å²) in [4.78, 5) is 4.23. The zero-order valence-corrected chi connectivity index (χ0v) is 26.3. The Bertz CT molecular complexity index is 2380. The molecule has 8 rings (SSSR count). The molecule has 0 spiro atoms. The Hall–Kier alpha value is -6.24. The van der Waals surface area contributed by atoms with Crippen LogP contribution in [0.5, 0.6) is 0 Å². The molecule has 0 aliphatic rings. The molecule has 3 heteroatoms. The fourth-order valence-corrected chi connectivity index (χ4v) is 6.78. The fourth-order valence-electron chi connectivity index (χ4n) is 6.78. The molecule has 0 unspecified atom stereocenters. The van der Waals surface area contributed by atoms with Crippen LogP contribution in [0.1, 0.15) is 16.7 Å². The van der Waals surface area contributed by atoms with Crippen molar-refractivity contribution in [3.63, 3.8) is 0 Å². The normalized spacial score (nSPS) is 11.2. The largest absolute Gasteiger partial charge is 0.309 e. The van der Waals surface area contributed by atoms with Crippen molar-refractivity contribution in [3.8, 4) is 56.3 Å². The molecular weight excluding hydrogens is 571 g/mol. The second kappa shape index (κ2) is 11.6. The van der Waals surface area contributed by atoms with Crippen LogP contribution in [-0.2, 0) is 0 Å². The van der Waals surface area contributed by atoms with Gasteiger partial charge in [0, 0.05) is 34.3 Å². The summed E-state index contributed by atoms with van der Waals surface area (Å²) in [6, 6.07) is 52.0. The Morgan fingerprint density at radius 2 is 1.02 bits per heavy atom. The zero-order valence-electron chi connectivity index (χ0n) is 26.3. The topological polar surface area (TPSA) is 41.6 Å². The maximum atomic E-state index is 10.4. The van der Waals surface area contributed by atoms with Gasteiger partial charge in [-0.05, 0) is 95.8 Å². The van der Waals surface area contributed by atoms with Gasteiger partial charge >= 0.3 is 0 Å². The van der Waals surface area contributed by atoms with Gasteiger partial charge in [-0.1, -0.05) is 102 Å². The summed E-state index contributed by atoms with van der Waals surface area (Å²) in [5.41, 5.74) is 15.0. The first-order valence-electron chi connectivity index (χ1n) is 15.8. The number of aromatic nitrogens is 2. The lowest BCUT2D eigenvalue weighted by Crippen LogP contribution is -2.00. The Balaban J connectivity index is 1.48. The van der Waals surface area contributed by atoms with E-state index in [4.69, 9.17) is 0 Å². The SMILES string of the molecule is Cc1cccc(-c2ccc3c(c2)c2cc(-c4cccc(C)c4)ccc2n3-c2cc(-c3ccncc3)c(C#N)cc2-c2ccccc2)c1. The predicted molar refractivity (Wildman–Crippen MR) is 195 cm³/mol. The van der Waals surface area contributed by atoms with Gasteiger partial charge in [0.05, 0.1) is 28.4 Å². The minimum Gasteiger partial charge on any atom is -0.309 e. The molecule has 8 aromatic rings. The number of hydrogen-bond donors (Lipinski definition) is 0. The summed E-state index contributed by atoms with van der Waals surface area (Å²) in [5, 5.41) is 12.7. The molecule has 0 N–H and O–H groups in total. The van der Waals surface area contributed by atoms with Crippen molar-refractivity contribution >= 4 is 21.8 Å². The molecule has 0 radical (unpaired) electrons. The van der Waals surface area contributed by atoms with E-state index in [0.717, 1.165) is 39.0 Å². The van der Waals surface area contributed by atoms with E-state index >= 15 is 0 Å². The van der Waals surface area contributed by atoms with Crippen LogP contribution >= 0.6 is 0 Å². The van der Waals surface area contributed by atoms with Crippen LogP contribution in [0.3, 0.4) is 0 Å². The van der Waals surface area contributed by atoms with E-state index in [9.17, 15) is 5.26 Å². The third-order valence-electron chi connectivity index (χ3n) is 9.04. The molecule has 0 amide bonds. The molecule has 0 atom stereocenters. The number of pyridine rings is 1. The minimum absolute atomic E-state index is 0.628. The average Bonchev–Trinajstić information content (AvgIpc) is 3.44. The first-order chi connectivity index (χ1) is 23.1. The summed E-state index contributed by atoms with van der Waals surface area (Å²) >= 11 is 0. The lowest BCUT2D eigenvalue weighted by atomic mass is 9.94.